The number of aromatic amines is 1. The minimum atomic E-state index is -0.592. The number of para-hydroxylation sites is 1. The highest BCUT2D eigenvalue weighted by Crippen LogP contribution is 2.46. The summed E-state index contributed by atoms with van der Waals surface area (Å²) in [5, 5.41) is 3.21. The molecule has 0 radical (unpaired) electrons. The molecule has 1 aliphatic rings. The number of carbonyl (C=O) groups excluding carboxylic acids is 1. The van der Waals surface area contributed by atoms with Crippen molar-refractivity contribution in [2.75, 3.05) is 11.1 Å². The van der Waals surface area contributed by atoms with Crippen LogP contribution in [0.4, 0.5) is 11.6 Å². The number of fused-ring (bicyclic) bond motifs is 1. The van der Waals surface area contributed by atoms with Gasteiger partial charge in [0.25, 0.3) is 0 Å². The first-order valence-corrected chi connectivity index (χ1v) is 12.3. The minimum absolute atomic E-state index is 0.146. The molecule has 1 atom stereocenters. The maximum absolute atomic E-state index is 13.6. The summed E-state index contributed by atoms with van der Waals surface area (Å²) in [5.41, 5.74) is 10.8. The number of allylic oxidation sites excluding steroid dienone is 1. The molecule has 5 rings (SSSR count). The summed E-state index contributed by atoms with van der Waals surface area (Å²) in [6, 6.07) is 27.1. The number of rotatable bonds is 7. The van der Waals surface area contributed by atoms with E-state index in [1.54, 1.807) is 0 Å². The van der Waals surface area contributed by atoms with Crippen LogP contribution in [0.1, 0.15) is 35.1 Å². The van der Waals surface area contributed by atoms with E-state index in [9.17, 15) is 4.79 Å². The number of H-pyrrole nitrogens is 1. The monoisotopic (exact) mass is 510 g/mol. The van der Waals surface area contributed by atoms with Crippen LogP contribution in [0.15, 0.2) is 96.2 Å². The van der Waals surface area contributed by atoms with Crippen LogP contribution in [-0.4, -0.2) is 15.9 Å². The van der Waals surface area contributed by atoms with E-state index in [0.29, 0.717) is 40.8 Å². The van der Waals surface area contributed by atoms with Crippen LogP contribution >= 0.6 is 12.2 Å². The maximum Gasteiger partial charge on any atom is 0.337 e. The molecule has 8 heteroatoms. The van der Waals surface area contributed by atoms with Crippen LogP contribution in [0.2, 0.25) is 0 Å². The highest BCUT2D eigenvalue weighted by atomic mass is 32.1. The molecule has 0 spiro atoms. The Hall–Kier alpha value is -4.43. The molecule has 1 aromatic heterocycles. The van der Waals surface area contributed by atoms with Gasteiger partial charge < -0.3 is 25.5 Å². The number of nitrogen functional groups attached to an aromatic ring is 1. The van der Waals surface area contributed by atoms with Gasteiger partial charge in [-0.15, -0.1) is 0 Å². The standard InChI is InChI=1S/C29H26N4O3S/c1-18-23(28(34)36-17-20-12-6-3-7-13-20)24(25-26(30)32-29(37)33-27(25)31-18)21-14-8-9-15-22(21)35-16-19-10-4-2-5-11-19/h2-15,24H,16-17H2,1H3,(H4,30,31,32,33,37). The molecule has 2 heterocycles. The number of ether oxygens (including phenoxy) is 2. The number of esters is 1. The number of carbonyl (C=O) groups is 1. The Bertz CT molecular complexity index is 1520. The molecule has 0 amide bonds. The molecule has 0 bridgehead atoms. The van der Waals surface area contributed by atoms with Gasteiger partial charge in [0, 0.05) is 16.8 Å². The van der Waals surface area contributed by atoms with Crippen molar-refractivity contribution in [2.24, 2.45) is 0 Å². The van der Waals surface area contributed by atoms with Gasteiger partial charge in [-0.25, -0.2) is 9.78 Å². The lowest BCUT2D eigenvalue weighted by molar-refractivity contribution is -0.140. The number of benzene rings is 3. The van der Waals surface area contributed by atoms with E-state index in [1.807, 2.05) is 91.9 Å². The Morgan fingerprint density at radius 2 is 1.57 bits per heavy atom. The van der Waals surface area contributed by atoms with Gasteiger partial charge in [0.1, 0.15) is 30.6 Å². The Labute approximate surface area is 220 Å². The van der Waals surface area contributed by atoms with Gasteiger partial charge >= 0.3 is 5.97 Å². The van der Waals surface area contributed by atoms with E-state index in [4.69, 9.17) is 27.4 Å². The van der Waals surface area contributed by atoms with Gasteiger partial charge in [0.15, 0.2) is 4.77 Å². The third kappa shape index (κ3) is 5.24. The second-order valence-electron chi connectivity index (χ2n) is 8.69. The molecular formula is C29H26N4O3S. The van der Waals surface area contributed by atoms with Crippen molar-refractivity contribution in [3.05, 3.63) is 123 Å². The zero-order valence-electron chi connectivity index (χ0n) is 20.2. The zero-order valence-corrected chi connectivity index (χ0v) is 21.0. The molecule has 37 heavy (non-hydrogen) atoms. The molecule has 0 saturated carbocycles. The average molecular weight is 511 g/mol. The largest absolute Gasteiger partial charge is 0.489 e. The highest BCUT2D eigenvalue weighted by molar-refractivity contribution is 7.71. The van der Waals surface area contributed by atoms with Crippen molar-refractivity contribution in [1.29, 1.82) is 0 Å². The molecule has 7 nitrogen and oxygen atoms in total. The maximum atomic E-state index is 13.6. The van der Waals surface area contributed by atoms with Crippen LogP contribution < -0.4 is 15.8 Å². The Kier molecular flexibility index (Phi) is 7.00. The summed E-state index contributed by atoms with van der Waals surface area (Å²) in [6.07, 6.45) is 0. The molecule has 1 unspecified atom stereocenters. The van der Waals surface area contributed by atoms with Crippen molar-refractivity contribution >= 4 is 29.8 Å². The second-order valence-corrected chi connectivity index (χ2v) is 9.08. The SMILES string of the molecule is CC1=C(C(=O)OCc2ccccc2)C(c2ccccc2OCc2ccccc2)c2c(nc(=S)[nH]c2N)N1. The molecule has 4 N–H and O–H groups in total. The summed E-state index contributed by atoms with van der Waals surface area (Å²) < 4.78 is 12.3. The Morgan fingerprint density at radius 3 is 2.27 bits per heavy atom. The van der Waals surface area contributed by atoms with E-state index in [-0.39, 0.29) is 11.4 Å². The number of aromatic nitrogens is 2. The topological polar surface area (TPSA) is 102 Å². The average Bonchev–Trinajstić information content (AvgIpc) is 2.91. The van der Waals surface area contributed by atoms with Crippen LogP contribution in [0.25, 0.3) is 0 Å². The van der Waals surface area contributed by atoms with Gasteiger partial charge in [0.05, 0.1) is 11.5 Å². The predicted octanol–water partition coefficient (Wildman–Crippen LogP) is 5.88. The van der Waals surface area contributed by atoms with Crippen LogP contribution in [0, 0.1) is 4.77 Å². The Balaban J connectivity index is 1.56. The zero-order chi connectivity index (χ0) is 25.8. The van der Waals surface area contributed by atoms with Crippen LogP contribution in [0.5, 0.6) is 5.75 Å². The van der Waals surface area contributed by atoms with E-state index < -0.39 is 11.9 Å². The number of nitrogens with one attached hydrogen (secondary N) is 2. The van der Waals surface area contributed by atoms with Crippen molar-refractivity contribution in [3.8, 4) is 5.75 Å². The Morgan fingerprint density at radius 1 is 0.946 bits per heavy atom. The fourth-order valence-electron chi connectivity index (χ4n) is 4.46. The third-order valence-electron chi connectivity index (χ3n) is 6.19. The van der Waals surface area contributed by atoms with Gasteiger partial charge in [-0.1, -0.05) is 78.9 Å². The fourth-order valence-corrected chi connectivity index (χ4v) is 4.66. The first-order valence-electron chi connectivity index (χ1n) is 11.9. The molecule has 0 fully saturated rings. The summed E-state index contributed by atoms with van der Waals surface area (Å²) >= 11 is 5.26. The lowest BCUT2D eigenvalue weighted by atomic mass is 9.81. The summed E-state index contributed by atoms with van der Waals surface area (Å²) in [5.74, 6) is 0.412. The summed E-state index contributed by atoms with van der Waals surface area (Å²) in [4.78, 5) is 21.0. The molecule has 4 aromatic rings. The smallest absolute Gasteiger partial charge is 0.337 e. The number of hydrogen-bond acceptors (Lipinski definition) is 7. The lowest BCUT2D eigenvalue weighted by Crippen LogP contribution is -2.27. The molecular weight excluding hydrogens is 484 g/mol. The molecule has 0 aliphatic carbocycles. The van der Waals surface area contributed by atoms with Crippen molar-refractivity contribution in [2.45, 2.75) is 26.1 Å². The minimum Gasteiger partial charge on any atom is -0.489 e. The van der Waals surface area contributed by atoms with E-state index >= 15 is 0 Å². The second kappa shape index (κ2) is 10.7. The quantitative estimate of drug-likeness (QED) is 0.211. The summed E-state index contributed by atoms with van der Waals surface area (Å²) in [7, 11) is 0. The van der Waals surface area contributed by atoms with E-state index in [0.717, 1.165) is 16.7 Å². The predicted molar refractivity (Wildman–Crippen MR) is 145 cm³/mol. The summed E-state index contributed by atoms with van der Waals surface area (Å²) in [6.45, 7) is 2.34. The van der Waals surface area contributed by atoms with E-state index in [1.165, 1.54) is 0 Å². The van der Waals surface area contributed by atoms with Crippen molar-refractivity contribution in [1.82, 2.24) is 9.97 Å². The van der Waals surface area contributed by atoms with Gasteiger partial charge in [-0.3, -0.25) is 0 Å². The fraction of sp³-hybridized carbons (Fsp3) is 0.138. The van der Waals surface area contributed by atoms with E-state index in [2.05, 4.69) is 15.3 Å². The number of hydrogen-bond donors (Lipinski definition) is 3. The van der Waals surface area contributed by atoms with Crippen molar-refractivity contribution in [3.63, 3.8) is 0 Å². The van der Waals surface area contributed by atoms with Gasteiger partial charge in [0.2, 0.25) is 0 Å². The first kappa shape index (κ1) is 24.3. The highest BCUT2D eigenvalue weighted by Gasteiger charge is 2.37. The number of nitrogens with two attached hydrogens (primary N) is 1. The molecule has 3 aromatic carbocycles. The van der Waals surface area contributed by atoms with Gasteiger partial charge in [-0.2, -0.15) is 0 Å². The van der Waals surface area contributed by atoms with Gasteiger partial charge in [-0.05, 0) is 36.3 Å². The van der Waals surface area contributed by atoms with Crippen LogP contribution in [-0.2, 0) is 22.7 Å². The number of anilines is 2. The normalized spacial score (nSPS) is 14.5. The molecule has 1 aliphatic heterocycles. The third-order valence-corrected chi connectivity index (χ3v) is 6.38. The number of nitrogens with zero attached hydrogens (tertiary/aromatic N) is 1. The molecule has 0 saturated heterocycles. The molecule has 186 valence electrons. The van der Waals surface area contributed by atoms with Crippen LogP contribution in [0.3, 0.4) is 0 Å². The van der Waals surface area contributed by atoms with Crippen molar-refractivity contribution < 1.29 is 14.3 Å². The first-order chi connectivity index (χ1) is 18.0. The lowest BCUT2D eigenvalue weighted by Gasteiger charge is -2.31.